The first-order valence-electron chi connectivity index (χ1n) is 15.5. The van der Waals surface area contributed by atoms with Crippen molar-refractivity contribution in [3.05, 3.63) is 138 Å². The third-order valence-corrected chi connectivity index (χ3v) is 12.9. The summed E-state index contributed by atoms with van der Waals surface area (Å²) in [4.78, 5) is 0. The van der Waals surface area contributed by atoms with Crippen LogP contribution in [0.5, 0.6) is 0 Å². The topological polar surface area (TPSA) is 0 Å². The Morgan fingerprint density at radius 3 is 1.41 bits per heavy atom. The zero-order chi connectivity index (χ0) is 28.2. The molecule has 0 aliphatic heterocycles. The average Bonchev–Trinajstić information content (AvgIpc) is 3.47. The molecule has 0 radical (unpaired) electrons. The molecule has 7 rings (SSSR count). The molecule has 0 saturated heterocycles. The third kappa shape index (κ3) is 3.70. The van der Waals surface area contributed by atoms with E-state index in [4.69, 9.17) is 0 Å². The normalized spacial score (nSPS) is 15.3. The van der Waals surface area contributed by atoms with Crippen LogP contribution in [0.4, 0.5) is 0 Å². The maximum atomic E-state index is 2.65. The monoisotopic (exact) mass is 550 g/mol. The summed E-state index contributed by atoms with van der Waals surface area (Å²) in [5.41, 5.74) is 12.1. The first-order chi connectivity index (χ1) is 20.1. The molecular formula is C40H39P. The molecular weight excluding hydrogens is 511 g/mol. The molecule has 2 aliphatic rings. The molecule has 1 heteroatoms. The Hall–Kier alpha value is -3.47. The van der Waals surface area contributed by atoms with Gasteiger partial charge < -0.3 is 0 Å². The highest BCUT2D eigenvalue weighted by atomic mass is 31.1. The van der Waals surface area contributed by atoms with Gasteiger partial charge in [0.25, 0.3) is 0 Å². The Kier molecular flexibility index (Phi) is 6.52. The molecule has 0 fully saturated rings. The highest BCUT2D eigenvalue weighted by Crippen LogP contribution is 2.59. The SMILES string of the molecule is CCC1(CC)c2ccccc2-c2cc3c(cc21)C(CC)(CC)c1cc(P(c2ccccc2)c2ccccc2)ccc1-3. The Labute approximate surface area is 247 Å². The van der Waals surface area contributed by atoms with Crippen LogP contribution >= 0.6 is 7.92 Å². The molecule has 204 valence electrons. The summed E-state index contributed by atoms with van der Waals surface area (Å²) < 4.78 is 0. The lowest BCUT2D eigenvalue weighted by molar-refractivity contribution is 0.476. The van der Waals surface area contributed by atoms with Gasteiger partial charge in [0.05, 0.1) is 0 Å². The van der Waals surface area contributed by atoms with E-state index in [9.17, 15) is 0 Å². The molecule has 0 N–H and O–H groups in total. The second-order valence-electron chi connectivity index (χ2n) is 11.8. The third-order valence-electron chi connectivity index (χ3n) is 10.4. The molecule has 0 amide bonds. The summed E-state index contributed by atoms with van der Waals surface area (Å²) in [7, 11) is -0.640. The largest absolute Gasteiger partial charge is 0.0642 e. The van der Waals surface area contributed by atoms with Gasteiger partial charge in [-0.05, 0) is 106 Å². The van der Waals surface area contributed by atoms with Crippen LogP contribution in [0, 0.1) is 0 Å². The quantitative estimate of drug-likeness (QED) is 0.177. The first kappa shape index (κ1) is 26.4. The van der Waals surface area contributed by atoms with Gasteiger partial charge in [0.1, 0.15) is 0 Å². The molecule has 0 unspecified atom stereocenters. The van der Waals surface area contributed by atoms with Crippen molar-refractivity contribution in [2.45, 2.75) is 64.2 Å². The minimum atomic E-state index is -0.640. The molecule has 0 aromatic heterocycles. The number of rotatable bonds is 7. The molecule has 0 spiro atoms. The zero-order valence-corrected chi connectivity index (χ0v) is 25.6. The fourth-order valence-corrected chi connectivity index (χ4v) is 10.5. The van der Waals surface area contributed by atoms with Crippen LogP contribution in [0.3, 0.4) is 0 Å². The van der Waals surface area contributed by atoms with Crippen molar-refractivity contribution in [1.82, 2.24) is 0 Å². The number of benzene rings is 5. The van der Waals surface area contributed by atoms with Crippen molar-refractivity contribution in [2.24, 2.45) is 0 Å². The molecule has 0 heterocycles. The molecule has 0 bridgehead atoms. The summed E-state index contributed by atoms with van der Waals surface area (Å²) in [5, 5.41) is 4.27. The van der Waals surface area contributed by atoms with Gasteiger partial charge in [-0.25, -0.2) is 0 Å². The summed E-state index contributed by atoms with van der Waals surface area (Å²) in [5.74, 6) is 0. The number of fused-ring (bicyclic) bond motifs is 6. The molecule has 0 atom stereocenters. The Morgan fingerprint density at radius 1 is 0.390 bits per heavy atom. The van der Waals surface area contributed by atoms with E-state index in [0.29, 0.717) is 0 Å². The van der Waals surface area contributed by atoms with Crippen molar-refractivity contribution in [3.63, 3.8) is 0 Å². The lowest BCUT2D eigenvalue weighted by Crippen LogP contribution is -2.27. The average molecular weight is 551 g/mol. The smallest absolute Gasteiger partial charge is 0.0210 e. The number of hydrogen-bond acceptors (Lipinski definition) is 0. The van der Waals surface area contributed by atoms with Gasteiger partial charge in [-0.2, -0.15) is 0 Å². The van der Waals surface area contributed by atoms with Crippen LogP contribution in [0.2, 0.25) is 0 Å². The van der Waals surface area contributed by atoms with E-state index in [1.54, 1.807) is 11.1 Å². The lowest BCUT2D eigenvalue weighted by atomic mass is 9.70. The highest BCUT2D eigenvalue weighted by molar-refractivity contribution is 7.79. The molecule has 2 aliphatic carbocycles. The van der Waals surface area contributed by atoms with Gasteiger partial charge in [-0.15, -0.1) is 0 Å². The summed E-state index contributed by atoms with van der Waals surface area (Å²) in [6.07, 6.45) is 4.48. The molecule has 5 aromatic rings. The van der Waals surface area contributed by atoms with Crippen molar-refractivity contribution in [1.29, 1.82) is 0 Å². The van der Waals surface area contributed by atoms with E-state index < -0.39 is 7.92 Å². The maximum absolute atomic E-state index is 2.65. The predicted octanol–water partition coefficient (Wildman–Crippen LogP) is 9.62. The summed E-state index contributed by atoms with van der Waals surface area (Å²) in [6.45, 7) is 9.57. The second kappa shape index (κ2) is 10.1. The van der Waals surface area contributed by atoms with E-state index >= 15 is 0 Å². The first-order valence-corrected chi connectivity index (χ1v) is 16.8. The van der Waals surface area contributed by atoms with E-state index in [1.165, 1.54) is 49.3 Å². The van der Waals surface area contributed by atoms with E-state index in [2.05, 4.69) is 143 Å². The Balaban J connectivity index is 1.46. The highest BCUT2D eigenvalue weighted by Gasteiger charge is 2.46. The van der Waals surface area contributed by atoms with Crippen molar-refractivity contribution in [3.8, 4) is 22.3 Å². The van der Waals surface area contributed by atoms with Gasteiger partial charge in [0.2, 0.25) is 0 Å². The van der Waals surface area contributed by atoms with Crippen LogP contribution < -0.4 is 15.9 Å². The summed E-state index contributed by atoms with van der Waals surface area (Å²) >= 11 is 0. The Morgan fingerprint density at radius 2 is 0.854 bits per heavy atom. The van der Waals surface area contributed by atoms with Gasteiger partial charge in [-0.1, -0.05) is 131 Å². The number of hydrogen-bond donors (Lipinski definition) is 0. The van der Waals surface area contributed by atoms with Crippen LogP contribution in [-0.2, 0) is 10.8 Å². The van der Waals surface area contributed by atoms with Crippen LogP contribution in [0.25, 0.3) is 22.3 Å². The maximum Gasteiger partial charge on any atom is 0.0210 e. The minimum absolute atomic E-state index is 0.0338. The molecule has 41 heavy (non-hydrogen) atoms. The fraction of sp³-hybridized carbons (Fsp3) is 0.250. The molecule has 0 nitrogen and oxygen atoms in total. The van der Waals surface area contributed by atoms with Crippen LogP contribution in [0.15, 0.2) is 115 Å². The lowest BCUT2D eigenvalue weighted by Gasteiger charge is -2.33. The van der Waals surface area contributed by atoms with E-state index in [0.717, 1.165) is 25.7 Å². The predicted molar refractivity (Wildman–Crippen MR) is 179 cm³/mol. The second-order valence-corrected chi connectivity index (χ2v) is 14.0. The van der Waals surface area contributed by atoms with Gasteiger partial charge in [0, 0.05) is 10.8 Å². The van der Waals surface area contributed by atoms with Crippen LogP contribution in [-0.4, -0.2) is 0 Å². The van der Waals surface area contributed by atoms with Crippen LogP contribution in [0.1, 0.15) is 75.6 Å². The van der Waals surface area contributed by atoms with Crippen molar-refractivity contribution >= 4 is 23.8 Å². The zero-order valence-electron chi connectivity index (χ0n) is 24.7. The molecule has 0 saturated carbocycles. The standard InChI is InChI=1S/C40H39P/c1-5-39(6-2)35-22-16-15-21-31(35)33-26-34-32-24-23-30(25-36(32)40(7-3,8-4)38(34)27-37(33)39)41(28-17-11-9-12-18-28)29-19-13-10-14-20-29/h9-27H,5-8H2,1-4H3. The van der Waals surface area contributed by atoms with Gasteiger partial charge >= 0.3 is 0 Å². The van der Waals surface area contributed by atoms with Gasteiger partial charge in [0.15, 0.2) is 0 Å². The van der Waals surface area contributed by atoms with Gasteiger partial charge in [-0.3, -0.25) is 0 Å². The molecule has 5 aromatic carbocycles. The Bertz CT molecular complexity index is 1680. The van der Waals surface area contributed by atoms with E-state index in [1.807, 2.05) is 0 Å². The van der Waals surface area contributed by atoms with Crippen molar-refractivity contribution < 1.29 is 0 Å². The van der Waals surface area contributed by atoms with Crippen molar-refractivity contribution in [2.75, 3.05) is 0 Å². The summed E-state index contributed by atoms with van der Waals surface area (Å²) in [6, 6.07) is 44.1. The fourth-order valence-electron chi connectivity index (χ4n) is 8.19. The minimum Gasteiger partial charge on any atom is -0.0642 e. The van der Waals surface area contributed by atoms with E-state index in [-0.39, 0.29) is 10.8 Å².